The molecule has 2 rings (SSSR count). The molecule has 126 valence electrons. The third kappa shape index (κ3) is 4.52. The van der Waals surface area contributed by atoms with Crippen LogP contribution in [0.1, 0.15) is 13.3 Å². The molecule has 4 nitrogen and oxygen atoms in total. The van der Waals surface area contributed by atoms with Gasteiger partial charge in [0.15, 0.2) is 0 Å². The minimum atomic E-state index is -0.586. The van der Waals surface area contributed by atoms with Gasteiger partial charge in [-0.3, -0.25) is 9.59 Å². The number of hydrogen-bond donors (Lipinski definition) is 1. The van der Waals surface area contributed by atoms with E-state index in [0.717, 1.165) is 6.07 Å². The first-order valence-corrected chi connectivity index (χ1v) is 7.54. The predicted octanol–water partition coefficient (Wildman–Crippen LogP) is 4.00. The van der Waals surface area contributed by atoms with Gasteiger partial charge in [-0.05, 0) is 30.3 Å². The van der Waals surface area contributed by atoms with E-state index < -0.39 is 17.5 Å². The number of rotatable bonds is 5. The molecule has 0 spiro atoms. The number of hydrogen-bond acceptors (Lipinski definition) is 2. The third-order valence-electron chi connectivity index (χ3n) is 3.29. The monoisotopic (exact) mass is 352 g/mol. The van der Waals surface area contributed by atoms with E-state index >= 15 is 0 Å². The van der Waals surface area contributed by atoms with Crippen molar-refractivity contribution in [3.8, 4) is 0 Å². The van der Waals surface area contributed by atoms with Crippen LogP contribution in [0.3, 0.4) is 0 Å². The Morgan fingerprint density at radius 2 is 1.83 bits per heavy atom. The molecular weight excluding hydrogens is 338 g/mol. The Morgan fingerprint density at radius 1 is 1.12 bits per heavy atom. The smallest absolute Gasteiger partial charge is 0.226 e. The fraction of sp³-hybridized carbons (Fsp3) is 0.176. The van der Waals surface area contributed by atoms with E-state index in [1.807, 2.05) is 0 Å². The number of anilines is 2. The van der Waals surface area contributed by atoms with Crippen molar-refractivity contribution in [2.75, 3.05) is 16.8 Å². The molecule has 2 amide bonds. The standard InChI is InChI=1S/C17H15ClF2N2O2/c1-11(23)22(16-5-3-2-4-15(16)20)9-8-17(24)21-12-6-7-14(19)13(18)10-12/h2-7,10H,8-9H2,1H3,(H,21,24). The second-order valence-corrected chi connectivity index (χ2v) is 5.46. The highest BCUT2D eigenvalue weighted by molar-refractivity contribution is 6.31. The van der Waals surface area contributed by atoms with Gasteiger partial charge in [0.1, 0.15) is 11.6 Å². The Labute approximate surface area is 143 Å². The molecule has 0 fully saturated rings. The molecule has 7 heteroatoms. The van der Waals surface area contributed by atoms with Crippen LogP contribution in [0.15, 0.2) is 42.5 Å². The Morgan fingerprint density at radius 3 is 2.46 bits per heavy atom. The fourth-order valence-corrected chi connectivity index (χ4v) is 2.31. The molecule has 0 unspecified atom stereocenters. The molecule has 0 bridgehead atoms. The summed E-state index contributed by atoms with van der Waals surface area (Å²) in [5, 5.41) is 2.44. The quantitative estimate of drug-likeness (QED) is 0.884. The normalized spacial score (nSPS) is 10.3. The molecule has 0 saturated heterocycles. The fourth-order valence-electron chi connectivity index (χ4n) is 2.13. The van der Waals surface area contributed by atoms with Crippen molar-refractivity contribution in [2.45, 2.75) is 13.3 Å². The molecule has 0 radical (unpaired) electrons. The minimum absolute atomic E-state index is 0.0109. The number of halogens is 3. The van der Waals surface area contributed by atoms with Crippen LogP contribution < -0.4 is 10.2 Å². The number of carbonyl (C=O) groups excluding carboxylic acids is 2. The van der Waals surface area contributed by atoms with E-state index in [9.17, 15) is 18.4 Å². The largest absolute Gasteiger partial charge is 0.326 e. The van der Waals surface area contributed by atoms with Gasteiger partial charge in [0.05, 0.1) is 10.7 Å². The zero-order valence-corrected chi connectivity index (χ0v) is 13.6. The van der Waals surface area contributed by atoms with Crippen LogP contribution in [0.5, 0.6) is 0 Å². The van der Waals surface area contributed by atoms with Crippen molar-refractivity contribution in [1.82, 2.24) is 0 Å². The van der Waals surface area contributed by atoms with Gasteiger partial charge in [-0.25, -0.2) is 8.78 Å². The molecule has 24 heavy (non-hydrogen) atoms. The summed E-state index contributed by atoms with van der Waals surface area (Å²) >= 11 is 5.64. The van der Waals surface area contributed by atoms with Crippen molar-refractivity contribution in [2.24, 2.45) is 0 Å². The second-order valence-electron chi connectivity index (χ2n) is 5.05. The maximum Gasteiger partial charge on any atom is 0.226 e. The molecule has 0 aliphatic rings. The van der Waals surface area contributed by atoms with Crippen LogP contribution in [0.2, 0.25) is 5.02 Å². The highest BCUT2D eigenvalue weighted by atomic mass is 35.5. The Kier molecular flexibility index (Phi) is 5.87. The summed E-state index contributed by atoms with van der Waals surface area (Å²) in [5.41, 5.74) is 0.453. The average molecular weight is 353 g/mol. The number of nitrogens with zero attached hydrogens (tertiary/aromatic N) is 1. The van der Waals surface area contributed by atoms with E-state index in [-0.39, 0.29) is 29.6 Å². The Balaban J connectivity index is 2.01. The Bertz CT molecular complexity index is 768. The number of carbonyl (C=O) groups is 2. The molecule has 2 aromatic rings. The summed E-state index contributed by atoms with van der Waals surface area (Å²) in [4.78, 5) is 24.9. The topological polar surface area (TPSA) is 49.4 Å². The van der Waals surface area contributed by atoms with Crippen LogP contribution in [-0.4, -0.2) is 18.4 Å². The lowest BCUT2D eigenvalue weighted by Gasteiger charge is -2.21. The first kappa shape index (κ1) is 17.9. The first-order chi connectivity index (χ1) is 11.4. The summed E-state index contributed by atoms with van der Waals surface area (Å²) in [5.74, 6) is -1.91. The van der Waals surface area contributed by atoms with Crippen molar-refractivity contribution in [3.63, 3.8) is 0 Å². The van der Waals surface area contributed by atoms with Gasteiger partial charge in [0.25, 0.3) is 0 Å². The zero-order chi connectivity index (χ0) is 17.7. The summed E-state index contributed by atoms with van der Waals surface area (Å²) < 4.78 is 26.9. The summed E-state index contributed by atoms with van der Waals surface area (Å²) in [6.45, 7) is 1.31. The molecule has 0 aliphatic carbocycles. The SMILES string of the molecule is CC(=O)N(CCC(=O)Nc1ccc(F)c(Cl)c1)c1ccccc1F. The molecule has 2 aromatic carbocycles. The molecule has 0 aromatic heterocycles. The number of benzene rings is 2. The van der Waals surface area contributed by atoms with Crippen molar-refractivity contribution in [3.05, 3.63) is 59.1 Å². The minimum Gasteiger partial charge on any atom is -0.326 e. The number of amides is 2. The van der Waals surface area contributed by atoms with E-state index in [1.54, 1.807) is 6.07 Å². The van der Waals surface area contributed by atoms with E-state index in [2.05, 4.69) is 5.32 Å². The molecule has 0 heterocycles. The summed E-state index contributed by atoms with van der Waals surface area (Å²) in [6.07, 6.45) is -0.0527. The molecule has 0 atom stereocenters. The van der Waals surface area contributed by atoms with Crippen molar-refractivity contribution in [1.29, 1.82) is 0 Å². The van der Waals surface area contributed by atoms with Crippen LogP contribution in [-0.2, 0) is 9.59 Å². The van der Waals surface area contributed by atoms with Crippen LogP contribution in [0.4, 0.5) is 20.2 Å². The van der Waals surface area contributed by atoms with Gasteiger partial charge in [-0.2, -0.15) is 0 Å². The maximum absolute atomic E-state index is 13.8. The summed E-state index contributed by atoms with van der Waals surface area (Å²) in [6, 6.07) is 9.63. The van der Waals surface area contributed by atoms with Gasteiger partial charge < -0.3 is 10.2 Å². The van der Waals surface area contributed by atoms with Crippen molar-refractivity contribution >= 4 is 34.8 Å². The molecule has 1 N–H and O–H groups in total. The lowest BCUT2D eigenvalue weighted by atomic mass is 10.2. The van der Waals surface area contributed by atoms with Gasteiger partial charge in [-0.15, -0.1) is 0 Å². The predicted molar refractivity (Wildman–Crippen MR) is 89.1 cm³/mol. The van der Waals surface area contributed by atoms with Gasteiger partial charge >= 0.3 is 0 Å². The number of nitrogens with one attached hydrogen (secondary N) is 1. The first-order valence-electron chi connectivity index (χ1n) is 7.16. The van der Waals surface area contributed by atoms with Crippen molar-refractivity contribution < 1.29 is 18.4 Å². The van der Waals surface area contributed by atoms with Crippen LogP contribution in [0, 0.1) is 11.6 Å². The highest BCUT2D eigenvalue weighted by Crippen LogP contribution is 2.21. The van der Waals surface area contributed by atoms with Gasteiger partial charge in [-0.1, -0.05) is 23.7 Å². The molecule has 0 saturated carbocycles. The third-order valence-corrected chi connectivity index (χ3v) is 3.58. The molecule has 0 aliphatic heterocycles. The average Bonchev–Trinajstić information content (AvgIpc) is 2.52. The zero-order valence-electron chi connectivity index (χ0n) is 12.9. The molecular formula is C17H15ClF2N2O2. The number of para-hydroxylation sites is 1. The van der Waals surface area contributed by atoms with E-state index in [0.29, 0.717) is 5.69 Å². The van der Waals surface area contributed by atoms with E-state index in [1.165, 1.54) is 42.2 Å². The highest BCUT2D eigenvalue weighted by Gasteiger charge is 2.16. The van der Waals surface area contributed by atoms with Gasteiger partial charge in [0.2, 0.25) is 11.8 Å². The lowest BCUT2D eigenvalue weighted by Crippen LogP contribution is -2.32. The van der Waals surface area contributed by atoms with E-state index in [4.69, 9.17) is 11.6 Å². The Hall–Kier alpha value is -2.47. The lowest BCUT2D eigenvalue weighted by molar-refractivity contribution is -0.117. The maximum atomic E-state index is 13.8. The summed E-state index contributed by atoms with van der Waals surface area (Å²) in [7, 11) is 0. The van der Waals surface area contributed by atoms with Crippen LogP contribution >= 0.6 is 11.6 Å². The second kappa shape index (κ2) is 7.88. The van der Waals surface area contributed by atoms with Gasteiger partial charge in [0, 0.05) is 25.6 Å². The van der Waals surface area contributed by atoms with Crippen LogP contribution in [0.25, 0.3) is 0 Å².